The van der Waals surface area contributed by atoms with E-state index in [4.69, 9.17) is 4.74 Å². The van der Waals surface area contributed by atoms with E-state index in [0.717, 1.165) is 4.90 Å². The van der Waals surface area contributed by atoms with Crippen molar-refractivity contribution in [3.05, 3.63) is 29.8 Å². The van der Waals surface area contributed by atoms with Gasteiger partial charge in [0, 0.05) is 24.1 Å². The quantitative estimate of drug-likeness (QED) is 0.833. The molecular weight excluding hydrogens is 334 g/mol. The van der Waals surface area contributed by atoms with Crippen LogP contribution >= 0.6 is 0 Å². The predicted octanol–water partition coefficient (Wildman–Crippen LogP) is 1.86. The van der Waals surface area contributed by atoms with Gasteiger partial charge in [-0.1, -0.05) is 18.2 Å². The standard InChI is InChI=1S/C19H25N3O4/c1-12(2)22(13(3)4)16(23)11-21-17(24)19(20-18(21)25)9-10-26-15-8-6-5-7-14(15)19/h5-8,12-13H,9-11H2,1-4H3,(H,20,25). The zero-order valence-corrected chi connectivity index (χ0v) is 15.6. The summed E-state index contributed by atoms with van der Waals surface area (Å²) < 4.78 is 5.61. The van der Waals surface area contributed by atoms with E-state index in [2.05, 4.69) is 5.32 Å². The molecule has 2 aliphatic rings. The molecule has 0 aliphatic carbocycles. The Balaban J connectivity index is 1.88. The molecule has 7 heteroatoms. The van der Waals surface area contributed by atoms with Crippen LogP contribution in [0.4, 0.5) is 4.79 Å². The summed E-state index contributed by atoms with van der Waals surface area (Å²) in [6.07, 6.45) is 0.345. The summed E-state index contributed by atoms with van der Waals surface area (Å²) in [7, 11) is 0. The Labute approximate surface area is 153 Å². The smallest absolute Gasteiger partial charge is 0.325 e. The van der Waals surface area contributed by atoms with Crippen molar-refractivity contribution in [3.8, 4) is 5.75 Å². The number of fused-ring (bicyclic) bond motifs is 2. The van der Waals surface area contributed by atoms with Gasteiger partial charge in [0.2, 0.25) is 5.91 Å². The van der Waals surface area contributed by atoms with Gasteiger partial charge in [0.05, 0.1) is 6.61 Å². The Morgan fingerprint density at radius 3 is 2.54 bits per heavy atom. The van der Waals surface area contributed by atoms with E-state index < -0.39 is 11.6 Å². The molecule has 2 aliphatic heterocycles. The highest BCUT2D eigenvalue weighted by Gasteiger charge is 2.55. The molecule has 1 aromatic rings. The first-order valence-electron chi connectivity index (χ1n) is 8.95. The second-order valence-corrected chi connectivity index (χ2v) is 7.31. The molecule has 0 radical (unpaired) electrons. The maximum atomic E-state index is 13.2. The van der Waals surface area contributed by atoms with Gasteiger partial charge in [-0.3, -0.25) is 14.5 Å². The fraction of sp³-hybridized carbons (Fsp3) is 0.526. The molecule has 7 nitrogen and oxygen atoms in total. The largest absolute Gasteiger partial charge is 0.493 e. The number of rotatable bonds is 4. The van der Waals surface area contributed by atoms with Crippen LogP contribution in [0.1, 0.15) is 39.7 Å². The van der Waals surface area contributed by atoms with Gasteiger partial charge in [-0.05, 0) is 33.8 Å². The minimum Gasteiger partial charge on any atom is -0.493 e. The molecule has 1 unspecified atom stereocenters. The van der Waals surface area contributed by atoms with Gasteiger partial charge < -0.3 is 15.0 Å². The van der Waals surface area contributed by atoms with Gasteiger partial charge in [-0.25, -0.2) is 4.79 Å². The number of imide groups is 1. The van der Waals surface area contributed by atoms with Crippen LogP contribution in [0.15, 0.2) is 24.3 Å². The molecule has 1 fully saturated rings. The zero-order valence-electron chi connectivity index (χ0n) is 15.6. The number of nitrogens with zero attached hydrogens (tertiary/aromatic N) is 2. The van der Waals surface area contributed by atoms with Gasteiger partial charge in [-0.15, -0.1) is 0 Å². The van der Waals surface area contributed by atoms with Crippen LogP contribution in [0.25, 0.3) is 0 Å². The van der Waals surface area contributed by atoms with Crippen LogP contribution in [0.2, 0.25) is 0 Å². The minimum atomic E-state index is -1.15. The van der Waals surface area contributed by atoms with Gasteiger partial charge in [0.1, 0.15) is 12.3 Å². The van der Waals surface area contributed by atoms with Crippen LogP contribution in [-0.2, 0) is 15.1 Å². The molecule has 26 heavy (non-hydrogen) atoms. The van der Waals surface area contributed by atoms with Crippen LogP contribution < -0.4 is 10.1 Å². The Bertz CT molecular complexity index is 738. The van der Waals surface area contributed by atoms with Crippen molar-refractivity contribution in [1.82, 2.24) is 15.1 Å². The third-order valence-corrected chi connectivity index (χ3v) is 4.95. The number of carbonyl (C=O) groups excluding carboxylic acids is 3. The van der Waals surface area contributed by atoms with Crippen molar-refractivity contribution in [1.29, 1.82) is 0 Å². The molecule has 0 aromatic heterocycles. The molecule has 1 saturated heterocycles. The molecule has 3 rings (SSSR count). The lowest BCUT2D eigenvalue weighted by molar-refractivity contribution is -0.141. The second-order valence-electron chi connectivity index (χ2n) is 7.31. The number of urea groups is 1. The number of nitrogens with one attached hydrogen (secondary N) is 1. The first-order chi connectivity index (χ1) is 12.3. The first-order valence-corrected chi connectivity index (χ1v) is 8.95. The molecule has 2 heterocycles. The molecule has 1 spiro atoms. The van der Waals surface area contributed by atoms with E-state index in [1.807, 2.05) is 39.8 Å². The minimum absolute atomic E-state index is 0.0129. The van der Waals surface area contributed by atoms with Crippen molar-refractivity contribution in [2.24, 2.45) is 0 Å². The third kappa shape index (κ3) is 2.81. The summed E-state index contributed by atoms with van der Waals surface area (Å²) in [5.41, 5.74) is -0.503. The molecule has 1 N–H and O–H groups in total. The second kappa shape index (κ2) is 6.63. The Morgan fingerprint density at radius 2 is 1.88 bits per heavy atom. The van der Waals surface area contributed by atoms with Crippen molar-refractivity contribution in [3.63, 3.8) is 0 Å². The number of para-hydroxylation sites is 1. The topological polar surface area (TPSA) is 79.0 Å². The Hall–Kier alpha value is -2.57. The van der Waals surface area contributed by atoms with Crippen molar-refractivity contribution < 1.29 is 19.1 Å². The average Bonchev–Trinajstić information content (AvgIpc) is 2.79. The Kier molecular flexibility index (Phi) is 4.64. The third-order valence-electron chi connectivity index (χ3n) is 4.95. The highest BCUT2D eigenvalue weighted by Crippen LogP contribution is 2.40. The number of hydrogen-bond acceptors (Lipinski definition) is 4. The van der Waals surface area contributed by atoms with Crippen molar-refractivity contribution in [2.75, 3.05) is 13.2 Å². The van der Waals surface area contributed by atoms with Gasteiger partial charge in [0.15, 0.2) is 5.54 Å². The molecule has 4 amide bonds. The highest BCUT2D eigenvalue weighted by molar-refractivity contribution is 6.09. The highest BCUT2D eigenvalue weighted by atomic mass is 16.5. The Morgan fingerprint density at radius 1 is 1.23 bits per heavy atom. The van der Waals surface area contributed by atoms with E-state index in [1.54, 1.807) is 17.0 Å². The maximum absolute atomic E-state index is 13.2. The lowest BCUT2D eigenvalue weighted by Gasteiger charge is -2.34. The molecular formula is C19H25N3O4. The number of amides is 4. The first kappa shape index (κ1) is 18.2. The van der Waals surface area contributed by atoms with E-state index in [0.29, 0.717) is 24.3 Å². The molecule has 1 atom stereocenters. The maximum Gasteiger partial charge on any atom is 0.325 e. The molecule has 1 aromatic carbocycles. The summed E-state index contributed by atoms with van der Waals surface area (Å²) in [5.74, 6) is -0.0403. The predicted molar refractivity (Wildman–Crippen MR) is 95.6 cm³/mol. The van der Waals surface area contributed by atoms with Gasteiger partial charge >= 0.3 is 6.03 Å². The van der Waals surface area contributed by atoms with Crippen LogP contribution in [0.5, 0.6) is 5.75 Å². The molecule has 140 valence electrons. The lowest BCUT2D eigenvalue weighted by atomic mass is 9.84. The summed E-state index contributed by atoms with van der Waals surface area (Å²) in [4.78, 5) is 41.1. The number of ether oxygens (including phenoxy) is 1. The van der Waals surface area contributed by atoms with Crippen LogP contribution in [0, 0.1) is 0 Å². The SMILES string of the molecule is CC(C)N(C(=O)CN1C(=O)NC2(CCOc3ccccc32)C1=O)C(C)C. The van der Waals surface area contributed by atoms with E-state index >= 15 is 0 Å². The van der Waals surface area contributed by atoms with Crippen molar-refractivity contribution in [2.45, 2.75) is 51.7 Å². The van der Waals surface area contributed by atoms with Crippen LogP contribution in [0.3, 0.4) is 0 Å². The van der Waals surface area contributed by atoms with Crippen molar-refractivity contribution >= 4 is 17.8 Å². The normalized spacial score (nSPS) is 21.8. The number of benzene rings is 1. The van der Waals surface area contributed by atoms with Crippen LogP contribution in [-0.4, -0.2) is 52.9 Å². The van der Waals surface area contributed by atoms with E-state index in [9.17, 15) is 14.4 Å². The molecule has 0 saturated carbocycles. The lowest BCUT2D eigenvalue weighted by Crippen LogP contribution is -2.50. The van der Waals surface area contributed by atoms with E-state index in [-0.39, 0.29) is 30.4 Å². The fourth-order valence-corrected chi connectivity index (χ4v) is 3.90. The number of hydrogen-bond donors (Lipinski definition) is 1. The van der Waals surface area contributed by atoms with Gasteiger partial charge in [0.25, 0.3) is 5.91 Å². The summed E-state index contributed by atoms with van der Waals surface area (Å²) in [6, 6.07) is 6.63. The monoisotopic (exact) mass is 359 g/mol. The summed E-state index contributed by atoms with van der Waals surface area (Å²) >= 11 is 0. The van der Waals surface area contributed by atoms with E-state index in [1.165, 1.54) is 0 Å². The zero-order chi connectivity index (χ0) is 19.1. The molecule has 0 bridgehead atoms. The number of carbonyl (C=O) groups is 3. The average molecular weight is 359 g/mol. The summed E-state index contributed by atoms with van der Waals surface area (Å²) in [5, 5.41) is 2.81. The summed E-state index contributed by atoms with van der Waals surface area (Å²) in [6.45, 7) is 7.74. The fourth-order valence-electron chi connectivity index (χ4n) is 3.90. The van der Waals surface area contributed by atoms with Gasteiger partial charge in [-0.2, -0.15) is 0 Å².